The van der Waals surface area contributed by atoms with Gasteiger partial charge in [0.15, 0.2) is 0 Å². The van der Waals surface area contributed by atoms with Crippen LogP contribution in [0.3, 0.4) is 0 Å². The highest BCUT2D eigenvalue weighted by Gasteiger charge is 2.26. The molecule has 0 aromatic heterocycles. The van der Waals surface area contributed by atoms with Crippen molar-refractivity contribution < 1.29 is 27.3 Å². The van der Waals surface area contributed by atoms with Crippen LogP contribution in [-0.4, -0.2) is 42.9 Å². The molecule has 0 saturated heterocycles. The van der Waals surface area contributed by atoms with Gasteiger partial charge in [0.05, 0.1) is 13.2 Å². The number of oxime groups is 1. The second-order valence-electron chi connectivity index (χ2n) is 5.09. The fourth-order valence-electron chi connectivity index (χ4n) is 2.21. The third-order valence-corrected chi connectivity index (χ3v) is 3.44. The van der Waals surface area contributed by atoms with Crippen molar-refractivity contribution in [3.63, 3.8) is 0 Å². The maximum atomic E-state index is 8.64. The predicted molar refractivity (Wildman–Crippen MR) is 76.1 cm³/mol. The quantitative estimate of drug-likeness (QED) is 0.221. The summed E-state index contributed by atoms with van der Waals surface area (Å²) in [5.74, 6) is 0. The third kappa shape index (κ3) is 7.12. The highest BCUT2D eigenvalue weighted by Crippen LogP contribution is 2.05. The van der Waals surface area contributed by atoms with Gasteiger partial charge in [0, 0.05) is 6.61 Å². The normalized spacial score (nSPS) is 21.6. The Morgan fingerprint density at radius 2 is 2.00 bits per heavy atom. The van der Waals surface area contributed by atoms with Crippen molar-refractivity contribution in [3.8, 4) is 0 Å². The number of nitrogens with zero attached hydrogens (tertiary/aromatic N) is 2. The lowest BCUT2D eigenvalue weighted by molar-refractivity contribution is -0.843. The van der Waals surface area contributed by atoms with Gasteiger partial charge in [-0.2, -0.15) is 0 Å². The lowest BCUT2D eigenvalue weighted by Gasteiger charge is -2.22. The van der Waals surface area contributed by atoms with Crippen LogP contribution in [-0.2, 0) is 4.74 Å². The molecule has 0 fully saturated rings. The SMILES string of the molecule is CCCCCCCCOCN1C=C[NH+](C)C1/C=N\O.[Cl-]. The molecule has 1 heterocycles. The highest BCUT2D eigenvalue weighted by molar-refractivity contribution is 5.61. The van der Waals surface area contributed by atoms with Gasteiger partial charge in [0.2, 0.25) is 6.17 Å². The Morgan fingerprint density at radius 3 is 2.70 bits per heavy atom. The van der Waals surface area contributed by atoms with Gasteiger partial charge in [-0.15, -0.1) is 0 Å². The Balaban J connectivity index is 0.00000361. The Bertz CT molecular complexity index is 288. The summed E-state index contributed by atoms with van der Waals surface area (Å²) in [7, 11) is 2.02. The molecule has 0 aromatic carbocycles. The summed E-state index contributed by atoms with van der Waals surface area (Å²) < 4.78 is 5.67. The molecule has 6 heteroatoms. The summed E-state index contributed by atoms with van der Waals surface area (Å²) in [6.45, 7) is 3.59. The summed E-state index contributed by atoms with van der Waals surface area (Å²) >= 11 is 0. The molecule has 2 atom stereocenters. The summed E-state index contributed by atoms with van der Waals surface area (Å²) in [5.41, 5.74) is 0. The third-order valence-electron chi connectivity index (χ3n) is 3.44. The summed E-state index contributed by atoms with van der Waals surface area (Å²) in [5, 5.41) is 11.8. The van der Waals surface area contributed by atoms with E-state index in [-0.39, 0.29) is 18.6 Å². The topological polar surface area (TPSA) is 49.5 Å². The Kier molecular flexibility index (Phi) is 11.5. The first-order valence-electron chi connectivity index (χ1n) is 7.32. The molecule has 0 bridgehead atoms. The van der Waals surface area contributed by atoms with Crippen LogP contribution in [0.5, 0.6) is 0 Å². The molecule has 2 unspecified atom stereocenters. The van der Waals surface area contributed by atoms with Crippen LogP contribution in [0.1, 0.15) is 45.4 Å². The first kappa shape index (κ1) is 19.2. The summed E-state index contributed by atoms with van der Waals surface area (Å²) in [6.07, 6.45) is 13.3. The van der Waals surface area contributed by atoms with Crippen molar-refractivity contribution in [2.45, 2.75) is 51.6 Å². The second-order valence-corrected chi connectivity index (χ2v) is 5.09. The number of nitrogens with one attached hydrogen (secondary N) is 1. The standard InChI is InChI=1S/C14H27N3O2.ClH/c1-3-4-5-6-7-8-11-19-13-17-10-9-16(2)14(17)12-15-18;/h9-10,12,14,18H,3-8,11,13H2,1-2H3;1H/b15-12-;. The molecule has 1 aliphatic heterocycles. The first-order valence-corrected chi connectivity index (χ1v) is 7.32. The molecule has 0 amide bonds. The van der Waals surface area contributed by atoms with E-state index in [4.69, 9.17) is 9.94 Å². The number of halogens is 1. The molecule has 0 spiro atoms. The van der Waals surface area contributed by atoms with Gasteiger partial charge in [0.25, 0.3) is 0 Å². The van der Waals surface area contributed by atoms with E-state index in [1.165, 1.54) is 43.2 Å². The average molecular weight is 306 g/mol. The number of quaternary nitrogens is 1. The van der Waals surface area contributed by atoms with E-state index in [9.17, 15) is 0 Å². The van der Waals surface area contributed by atoms with Gasteiger partial charge in [-0.25, -0.2) is 0 Å². The minimum atomic E-state index is 0. The molecule has 118 valence electrons. The van der Waals surface area contributed by atoms with Crippen LogP contribution in [0.25, 0.3) is 0 Å². The lowest BCUT2D eigenvalue weighted by atomic mass is 10.1. The minimum absolute atomic E-state index is 0. The molecular formula is C14H28ClN3O2. The van der Waals surface area contributed by atoms with Crippen molar-refractivity contribution in [2.24, 2.45) is 5.16 Å². The summed E-state index contributed by atoms with van der Waals surface area (Å²) in [4.78, 5) is 3.20. The predicted octanol–water partition coefficient (Wildman–Crippen LogP) is -1.59. The van der Waals surface area contributed by atoms with Gasteiger partial charge < -0.3 is 22.4 Å². The number of ether oxygens (including phenoxy) is 1. The van der Waals surface area contributed by atoms with E-state index in [1.807, 2.05) is 24.3 Å². The van der Waals surface area contributed by atoms with Crippen LogP contribution in [0.15, 0.2) is 17.6 Å². The average Bonchev–Trinajstić information content (AvgIpc) is 2.75. The molecule has 0 aromatic rings. The molecule has 0 saturated carbocycles. The van der Waals surface area contributed by atoms with Gasteiger partial charge in [0.1, 0.15) is 19.1 Å². The minimum Gasteiger partial charge on any atom is -1.00 e. The Hall–Kier alpha value is -0.780. The number of unbranched alkanes of at least 4 members (excludes halogenated alkanes) is 5. The number of rotatable bonds is 10. The zero-order chi connectivity index (χ0) is 13.9. The van der Waals surface area contributed by atoms with Crippen molar-refractivity contribution in [3.05, 3.63) is 12.4 Å². The maximum Gasteiger partial charge on any atom is 0.209 e. The van der Waals surface area contributed by atoms with E-state index in [0.717, 1.165) is 13.0 Å². The fraction of sp³-hybridized carbons (Fsp3) is 0.786. The van der Waals surface area contributed by atoms with Crippen LogP contribution >= 0.6 is 0 Å². The largest absolute Gasteiger partial charge is 1.00 e. The molecule has 20 heavy (non-hydrogen) atoms. The summed E-state index contributed by atoms with van der Waals surface area (Å²) in [6, 6.07) is 0. The van der Waals surface area contributed by atoms with E-state index in [0.29, 0.717) is 6.73 Å². The van der Waals surface area contributed by atoms with E-state index < -0.39 is 0 Å². The molecule has 0 radical (unpaired) electrons. The second kappa shape index (κ2) is 12.0. The van der Waals surface area contributed by atoms with Crippen molar-refractivity contribution >= 4 is 6.21 Å². The number of hydrogen-bond donors (Lipinski definition) is 2. The molecule has 2 N–H and O–H groups in total. The molecule has 0 aliphatic carbocycles. The van der Waals surface area contributed by atoms with Crippen molar-refractivity contribution in [1.82, 2.24) is 4.90 Å². The zero-order valence-electron chi connectivity index (χ0n) is 12.6. The Morgan fingerprint density at radius 1 is 1.30 bits per heavy atom. The zero-order valence-corrected chi connectivity index (χ0v) is 13.4. The molecule has 1 rings (SSSR count). The first-order chi connectivity index (χ1) is 9.29. The van der Waals surface area contributed by atoms with Crippen LogP contribution in [0.4, 0.5) is 0 Å². The monoisotopic (exact) mass is 305 g/mol. The van der Waals surface area contributed by atoms with Crippen molar-refractivity contribution in [2.75, 3.05) is 20.4 Å². The van der Waals surface area contributed by atoms with Gasteiger partial charge in [-0.1, -0.05) is 44.2 Å². The Labute approximate surface area is 128 Å². The number of hydrogen-bond acceptors (Lipinski definition) is 4. The van der Waals surface area contributed by atoms with Crippen LogP contribution in [0.2, 0.25) is 0 Å². The molecule has 1 aliphatic rings. The van der Waals surface area contributed by atoms with Gasteiger partial charge >= 0.3 is 0 Å². The van der Waals surface area contributed by atoms with Crippen LogP contribution in [0, 0.1) is 0 Å². The van der Waals surface area contributed by atoms with E-state index >= 15 is 0 Å². The van der Waals surface area contributed by atoms with Gasteiger partial charge in [-0.3, -0.25) is 9.80 Å². The van der Waals surface area contributed by atoms with Gasteiger partial charge in [-0.05, 0) is 6.42 Å². The van der Waals surface area contributed by atoms with Crippen LogP contribution < -0.4 is 17.3 Å². The van der Waals surface area contributed by atoms with E-state index in [1.54, 1.807) is 0 Å². The molecular weight excluding hydrogens is 278 g/mol. The maximum absolute atomic E-state index is 8.64. The smallest absolute Gasteiger partial charge is 0.209 e. The lowest BCUT2D eigenvalue weighted by Crippen LogP contribution is -3.09. The van der Waals surface area contributed by atoms with Crippen molar-refractivity contribution in [1.29, 1.82) is 0 Å². The fourth-order valence-corrected chi connectivity index (χ4v) is 2.21. The molecule has 5 nitrogen and oxygen atoms in total. The van der Waals surface area contributed by atoms with E-state index in [2.05, 4.69) is 12.1 Å². The highest BCUT2D eigenvalue weighted by atomic mass is 35.5.